The summed E-state index contributed by atoms with van der Waals surface area (Å²) in [5.41, 5.74) is 0.458. The molecule has 1 heterocycles. The third-order valence-electron chi connectivity index (χ3n) is 6.93. The molecular weight excluding hydrogens is 406 g/mol. The molecule has 2 atom stereocenters. The lowest BCUT2D eigenvalue weighted by molar-refractivity contribution is -0.137. The largest absolute Gasteiger partial charge is 0.497 e. The molecule has 0 bridgehead atoms. The van der Waals surface area contributed by atoms with Crippen molar-refractivity contribution in [3.8, 4) is 5.75 Å². The lowest BCUT2D eigenvalue weighted by Gasteiger charge is -2.37. The molecule has 1 aromatic rings. The Labute approximate surface area is 191 Å². The Morgan fingerprint density at radius 3 is 2.41 bits per heavy atom. The molecule has 0 unspecified atom stereocenters. The van der Waals surface area contributed by atoms with Crippen LogP contribution in [0, 0.1) is 11.8 Å². The van der Waals surface area contributed by atoms with Gasteiger partial charge in [0, 0.05) is 30.6 Å². The zero-order chi connectivity index (χ0) is 23.1. The topological polar surface area (TPSA) is 87.7 Å². The van der Waals surface area contributed by atoms with E-state index in [9.17, 15) is 14.4 Å². The molecule has 1 aliphatic carbocycles. The second-order valence-electron chi connectivity index (χ2n) is 9.15. The predicted octanol–water partition coefficient (Wildman–Crippen LogP) is 3.14. The van der Waals surface area contributed by atoms with Crippen LogP contribution in [0.2, 0.25) is 0 Å². The minimum atomic E-state index is -0.633. The molecule has 2 fully saturated rings. The maximum atomic E-state index is 13.1. The van der Waals surface area contributed by atoms with Crippen molar-refractivity contribution in [2.45, 2.75) is 70.9 Å². The molecule has 0 aromatic heterocycles. The van der Waals surface area contributed by atoms with E-state index >= 15 is 0 Å². The van der Waals surface area contributed by atoms with E-state index in [1.54, 1.807) is 31.4 Å². The molecule has 1 saturated heterocycles. The molecule has 32 heavy (non-hydrogen) atoms. The van der Waals surface area contributed by atoms with Crippen molar-refractivity contribution in [1.29, 1.82) is 0 Å². The van der Waals surface area contributed by atoms with Gasteiger partial charge < -0.3 is 20.3 Å². The van der Waals surface area contributed by atoms with Gasteiger partial charge in [0.25, 0.3) is 5.91 Å². The number of amides is 3. The smallest absolute Gasteiger partial charge is 0.252 e. The van der Waals surface area contributed by atoms with E-state index in [2.05, 4.69) is 10.6 Å². The number of methoxy groups -OCH3 is 1. The lowest BCUT2D eigenvalue weighted by Crippen LogP contribution is -2.55. The van der Waals surface area contributed by atoms with Gasteiger partial charge in [-0.25, -0.2) is 0 Å². The average Bonchev–Trinajstić information content (AvgIpc) is 3.37. The van der Waals surface area contributed by atoms with Gasteiger partial charge in [-0.2, -0.15) is 0 Å². The summed E-state index contributed by atoms with van der Waals surface area (Å²) in [6.07, 6.45) is 6.49. The standard InChI is InChI=1S/C25H37N3O4/c1-4-17(2)26-24(30)22(27-23(29)20-10-7-11-21(16-20)32-3)18-12-14-28(15-13-18)25(31)19-8-5-6-9-19/h7,10-11,16-19,22H,4-6,8-9,12-15H2,1-3H3,(H,26,30)(H,27,29)/t17-,22+/m1/s1. The highest BCUT2D eigenvalue weighted by Gasteiger charge is 2.36. The Kier molecular flexibility index (Phi) is 8.53. The van der Waals surface area contributed by atoms with E-state index in [0.717, 1.165) is 32.1 Å². The minimum absolute atomic E-state index is 0.0127. The van der Waals surface area contributed by atoms with Crippen LogP contribution >= 0.6 is 0 Å². The van der Waals surface area contributed by atoms with E-state index in [0.29, 0.717) is 37.2 Å². The number of likely N-dealkylation sites (tertiary alicyclic amines) is 1. The number of hydrogen-bond donors (Lipinski definition) is 2. The first-order valence-corrected chi connectivity index (χ1v) is 12.0. The summed E-state index contributed by atoms with van der Waals surface area (Å²) in [6, 6.07) is 6.32. The van der Waals surface area contributed by atoms with Crippen LogP contribution in [0.15, 0.2) is 24.3 Å². The second-order valence-corrected chi connectivity index (χ2v) is 9.15. The molecule has 176 valence electrons. The molecule has 1 saturated carbocycles. The van der Waals surface area contributed by atoms with Gasteiger partial charge in [-0.05, 0) is 63.1 Å². The Hall–Kier alpha value is -2.57. The molecule has 3 amide bonds. The monoisotopic (exact) mass is 443 g/mol. The van der Waals surface area contributed by atoms with Crippen LogP contribution in [-0.4, -0.2) is 54.9 Å². The van der Waals surface area contributed by atoms with Crippen molar-refractivity contribution in [3.05, 3.63) is 29.8 Å². The maximum Gasteiger partial charge on any atom is 0.252 e. The second kappa shape index (κ2) is 11.3. The van der Waals surface area contributed by atoms with Gasteiger partial charge >= 0.3 is 0 Å². The number of piperidine rings is 1. The summed E-state index contributed by atoms with van der Waals surface area (Å²) in [6.45, 7) is 5.26. The van der Waals surface area contributed by atoms with E-state index in [1.807, 2.05) is 18.7 Å². The average molecular weight is 444 g/mol. The molecule has 1 aliphatic heterocycles. The van der Waals surface area contributed by atoms with Crippen LogP contribution in [0.4, 0.5) is 0 Å². The third kappa shape index (κ3) is 6.02. The number of rotatable bonds is 8. The van der Waals surface area contributed by atoms with Crippen molar-refractivity contribution >= 4 is 17.7 Å². The number of benzene rings is 1. The fraction of sp³-hybridized carbons (Fsp3) is 0.640. The lowest BCUT2D eigenvalue weighted by atomic mass is 9.87. The molecular formula is C25H37N3O4. The number of carbonyl (C=O) groups excluding carboxylic acids is 3. The Morgan fingerprint density at radius 1 is 1.09 bits per heavy atom. The predicted molar refractivity (Wildman–Crippen MR) is 123 cm³/mol. The highest BCUT2D eigenvalue weighted by atomic mass is 16.5. The van der Waals surface area contributed by atoms with Gasteiger partial charge in [0.15, 0.2) is 0 Å². The first-order valence-electron chi connectivity index (χ1n) is 12.0. The summed E-state index contributed by atoms with van der Waals surface area (Å²) in [7, 11) is 1.56. The Bertz CT molecular complexity index is 798. The van der Waals surface area contributed by atoms with Crippen molar-refractivity contribution in [2.24, 2.45) is 11.8 Å². The van der Waals surface area contributed by atoms with Gasteiger partial charge in [-0.15, -0.1) is 0 Å². The summed E-state index contributed by atoms with van der Waals surface area (Å²) in [4.78, 5) is 40.8. The summed E-state index contributed by atoms with van der Waals surface area (Å²) in [5.74, 6) is 0.567. The molecule has 0 spiro atoms. The highest BCUT2D eigenvalue weighted by Crippen LogP contribution is 2.29. The van der Waals surface area contributed by atoms with Crippen molar-refractivity contribution in [3.63, 3.8) is 0 Å². The summed E-state index contributed by atoms with van der Waals surface area (Å²) < 4.78 is 5.22. The molecule has 1 aromatic carbocycles. The highest BCUT2D eigenvalue weighted by molar-refractivity contribution is 5.98. The molecule has 2 N–H and O–H groups in total. The number of hydrogen-bond acceptors (Lipinski definition) is 4. The van der Waals surface area contributed by atoms with Crippen LogP contribution in [0.25, 0.3) is 0 Å². The third-order valence-corrected chi connectivity index (χ3v) is 6.93. The summed E-state index contributed by atoms with van der Waals surface area (Å²) in [5, 5.41) is 6.00. The zero-order valence-electron chi connectivity index (χ0n) is 19.6. The van der Waals surface area contributed by atoms with Crippen LogP contribution in [0.3, 0.4) is 0 Å². The maximum absolute atomic E-state index is 13.1. The normalized spacial score (nSPS) is 19.3. The molecule has 3 rings (SSSR count). The van der Waals surface area contributed by atoms with Crippen LogP contribution in [0.5, 0.6) is 5.75 Å². The fourth-order valence-corrected chi connectivity index (χ4v) is 4.71. The van der Waals surface area contributed by atoms with Gasteiger partial charge in [-0.1, -0.05) is 25.8 Å². The van der Waals surface area contributed by atoms with Gasteiger partial charge in [0.1, 0.15) is 11.8 Å². The first-order chi connectivity index (χ1) is 15.4. The molecule has 2 aliphatic rings. The number of nitrogens with zero attached hydrogens (tertiary/aromatic N) is 1. The van der Waals surface area contributed by atoms with Gasteiger partial charge in [0.05, 0.1) is 7.11 Å². The Balaban J connectivity index is 1.68. The first kappa shape index (κ1) is 24.1. The molecule has 0 radical (unpaired) electrons. The quantitative estimate of drug-likeness (QED) is 0.646. The minimum Gasteiger partial charge on any atom is -0.497 e. The number of carbonyl (C=O) groups is 3. The summed E-state index contributed by atoms with van der Waals surface area (Å²) >= 11 is 0. The fourth-order valence-electron chi connectivity index (χ4n) is 4.71. The van der Waals surface area contributed by atoms with Gasteiger partial charge in [0.2, 0.25) is 11.8 Å². The van der Waals surface area contributed by atoms with E-state index in [1.165, 1.54) is 0 Å². The van der Waals surface area contributed by atoms with Crippen molar-refractivity contribution < 1.29 is 19.1 Å². The van der Waals surface area contributed by atoms with E-state index in [-0.39, 0.29) is 35.6 Å². The van der Waals surface area contributed by atoms with Crippen molar-refractivity contribution in [1.82, 2.24) is 15.5 Å². The molecule has 7 nitrogen and oxygen atoms in total. The number of nitrogens with one attached hydrogen (secondary N) is 2. The van der Waals surface area contributed by atoms with Crippen molar-refractivity contribution in [2.75, 3.05) is 20.2 Å². The van der Waals surface area contributed by atoms with Crippen LogP contribution < -0.4 is 15.4 Å². The SMILES string of the molecule is CC[C@@H](C)NC(=O)[C@@H](NC(=O)c1cccc(OC)c1)C1CCN(C(=O)C2CCCC2)CC1. The Morgan fingerprint density at radius 2 is 1.78 bits per heavy atom. The number of ether oxygens (including phenoxy) is 1. The van der Waals surface area contributed by atoms with E-state index < -0.39 is 6.04 Å². The van der Waals surface area contributed by atoms with E-state index in [4.69, 9.17) is 4.74 Å². The van der Waals surface area contributed by atoms with Gasteiger partial charge in [-0.3, -0.25) is 14.4 Å². The zero-order valence-corrected chi connectivity index (χ0v) is 19.6. The molecule has 7 heteroatoms. The van der Waals surface area contributed by atoms with Crippen LogP contribution in [0.1, 0.15) is 69.2 Å². The van der Waals surface area contributed by atoms with Crippen LogP contribution in [-0.2, 0) is 9.59 Å².